The molecule has 0 aliphatic carbocycles. The third-order valence-corrected chi connectivity index (χ3v) is 6.11. The van der Waals surface area contributed by atoms with Gasteiger partial charge in [0.05, 0.1) is 10.4 Å². The smallest absolute Gasteiger partial charge is 0.329 e. The molecular formula is C15H16N6O3S2. The molecule has 0 aromatic carbocycles. The van der Waals surface area contributed by atoms with Gasteiger partial charge in [0, 0.05) is 35.0 Å². The summed E-state index contributed by atoms with van der Waals surface area (Å²) in [7, 11) is 0. The van der Waals surface area contributed by atoms with Crippen LogP contribution < -0.4 is 4.90 Å². The first-order chi connectivity index (χ1) is 12.6. The van der Waals surface area contributed by atoms with Crippen LogP contribution in [0.2, 0.25) is 0 Å². The van der Waals surface area contributed by atoms with Crippen LogP contribution in [0.4, 0.5) is 11.5 Å². The van der Waals surface area contributed by atoms with Gasteiger partial charge in [0.25, 0.3) is 0 Å². The van der Waals surface area contributed by atoms with Crippen molar-refractivity contribution in [1.82, 2.24) is 19.9 Å². The third-order valence-electron chi connectivity index (χ3n) is 4.23. The number of thiophene rings is 1. The molecular weight excluding hydrogens is 376 g/mol. The van der Waals surface area contributed by atoms with Gasteiger partial charge in [-0.2, -0.15) is 4.98 Å². The number of anilines is 1. The number of fused-ring (bicyclic) bond motifs is 1. The van der Waals surface area contributed by atoms with E-state index in [1.807, 2.05) is 15.7 Å². The van der Waals surface area contributed by atoms with Crippen LogP contribution in [0, 0.1) is 10.1 Å². The minimum absolute atomic E-state index is 0.0539. The van der Waals surface area contributed by atoms with Crippen LogP contribution in [0.25, 0.3) is 11.0 Å². The molecule has 1 unspecified atom stereocenters. The Morgan fingerprint density at radius 1 is 1.27 bits per heavy atom. The summed E-state index contributed by atoms with van der Waals surface area (Å²) < 4.78 is 12.6. The zero-order chi connectivity index (χ0) is 18.1. The molecule has 3 aromatic heterocycles. The summed E-state index contributed by atoms with van der Waals surface area (Å²) in [5, 5.41) is 15.5. The number of hydrogen-bond donors (Lipinski definition) is 1. The number of nitro groups is 1. The van der Waals surface area contributed by atoms with Gasteiger partial charge in [-0.15, -0.1) is 11.3 Å². The highest BCUT2D eigenvalue weighted by Gasteiger charge is 2.26. The van der Waals surface area contributed by atoms with Crippen molar-refractivity contribution < 1.29 is 9.48 Å². The Morgan fingerprint density at radius 2 is 2.08 bits per heavy atom. The molecule has 136 valence electrons. The van der Waals surface area contributed by atoms with Crippen molar-refractivity contribution in [2.45, 2.75) is 30.2 Å². The predicted molar refractivity (Wildman–Crippen MR) is 98.8 cm³/mol. The molecule has 0 radical (unpaired) electrons. The van der Waals surface area contributed by atoms with Gasteiger partial charge in [-0.05, 0) is 19.3 Å². The quantitative estimate of drug-likeness (QED) is 0.402. The molecule has 1 aliphatic rings. The SMILES string of the molecule is O=[N+]([O-])c1cnc(C[S+]([O-])c2nc3cscc3[nH]2)nc1N1CCCCC1. The lowest BCUT2D eigenvalue weighted by molar-refractivity contribution is -0.384. The summed E-state index contributed by atoms with van der Waals surface area (Å²) in [4.78, 5) is 28.5. The van der Waals surface area contributed by atoms with Gasteiger partial charge in [0.1, 0.15) is 11.7 Å². The number of nitrogens with zero attached hydrogens (tertiary/aromatic N) is 5. The van der Waals surface area contributed by atoms with Crippen molar-refractivity contribution in [3.8, 4) is 0 Å². The van der Waals surface area contributed by atoms with E-state index in [-0.39, 0.29) is 11.4 Å². The molecule has 11 heteroatoms. The van der Waals surface area contributed by atoms with E-state index in [2.05, 4.69) is 19.9 Å². The van der Waals surface area contributed by atoms with Crippen molar-refractivity contribution in [2.75, 3.05) is 18.0 Å². The maximum absolute atomic E-state index is 12.6. The molecule has 1 aliphatic heterocycles. The Bertz CT molecular complexity index is 908. The number of hydrogen-bond acceptors (Lipinski definition) is 8. The number of nitrogens with one attached hydrogen (secondary N) is 1. The first-order valence-electron chi connectivity index (χ1n) is 8.17. The molecule has 1 atom stereocenters. The summed E-state index contributed by atoms with van der Waals surface area (Å²) >= 11 is 0.0679. The summed E-state index contributed by atoms with van der Waals surface area (Å²) in [6.07, 6.45) is 4.28. The fourth-order valence-corrected chi connectivity index (χ4v) is 4.58. The van der Waals surface area contributed by atoms with Crippen molar-refractivity contribution in [3.63, 3.8) is 0 Å². The van der Waals surface area contributed by atoms with E-state index >= 15 is 0 Å². The van der Waals surface area contributed by atoms with E-state index in [1.54, 1.807) is 0 Å². The molecule has 9 nitrogen and oxygen atoms in total. The van der Waals surface area contributed by atoms with Crippen LogP contribution >= 0.6 is 11.3 Å². The second kappa shape index (κ2) is 7.17. The lowest BCUT2D eigenvalue weighted by atomic mass is 10.1. The van der Waals surface area contributed by atoms with E-state index in [4.69, 9.17) is 0 Å². The number of aromatic nitrogens is 4. The topological polar surface area (TPSA) is 124 Å². The van der Waals surface area contributed by atoms with E-state index in [0.29, 0.717) is 16.8 Å². The number of piperidine rings is 1. The van der Waals surface area contributed by atoms with E-state index in [9.17, 15) is 14.7 Å². The summed E-state index contributed by atoms with van der Waals surface area (Å²) in [6, 6.07) is 0. The van der Waals surface area contributed by atoms with Gasteiger partial charge in [0.15, 0.2) is 11.6 Å². The van der Waals surface area contributed by atoms with Crippen LogP contribution in [0.1, 0.15) is 25.1 Å². The number of H-pyrrole nitrogens is 1. The number of imidazole rings is 1. The Balaban J connectivity index is 1.59. The highest BCUT2D eigenvalue weighted by Crippen LogP contribution is 2.28. The lowest BCUT2D eigenvalue weighted by Gasteiger charge is -2.27. The van der Waals surface area contributed by atoms with Gasteiger partial charge in [-0.25, -0.2) is 9.97 Å². The third kappa shape index (κ3) is 3.37. The molecule has 1 N–H and O–H groups in total. The molecule has 4 rings (SSSR count). The summed E-state index contributed by atoms with van der Waals surface area (Å²) in [6.45, 7) is 1.46. The molecule has 1 fully saturated rings. The fraction of sp³-hybridized carbons (Fsp3) is 0.400. The normalized spacial score (nSPS) is 16.1. The molecule has 0 saturated carbocycles. The van der Waals surface area contributed by atoms with Crippen LogP contribution in [-0.4, -0.2) is 42.5 Å². The van der Waals surface area contributed by atoms with Crippen molar-refractivity contribution in [2.24, 2.45) is 0 Å². The van der Waals surface area contributed by atoms with Crippen molar-refractivity contribution in [3.05, 3.63) is 32.9 Å². The zero-order valence-electron chi connectivity index (χ0n) is 13.8. The highest BCUT2D eigenvalue weighted by molar-refractivity contribution is 7.90. The fourth-order valence-electron chi connectivity index (χ4n) is 2.95. The van der Waals surface area contributed by atoms with Gasteiger partial charge in [-0.3, -0.25) is 15.1 Å². The molecule has 4 heterocycles. The molecule has 3 aromatic rings. The monoisotopic (exact) mass is 392 g/mol. The average Bonchev–Trinajstić information content (AvgIpc) is 3.24. The number of rotatable bonds is 5. The maximum atomic E-state index is 12.6. The second-order valence-corrected chi connectivity index (χ2v) is 8.11. The molecule has 1 saturated heterocycles. The van der Waals surface area contributed by atoms with Crippen LogP contribution in [0.3, 0.4) is 0 Å². The van der Waals surface area contributed by atoms with Crippen molar-refractivity contribution >= 4 is 45.1 Å². The van der Waals surface area contributed by atoms with Crippen molar-refractivity contribution in [1.29, 1.82) is 0 Å². The maximum Gasteiger partial charge on any atom is 0.329 e. The van der Waals surface area contributed by atoms with Gasteiger partial charge in [0.2, 0.25) is 5.82 Å². The van der Waals surface area contributed by atoms with Crippen LogP contribution in [0.15, 0.2) is 22.1 Å². The van der Waals surface area contributed by atoms with Gasteiger partial charge >= 0.3 is 10.8 Å². The first kappa shape index (κ1) is 17.2. The highest BCUT2D eigenvalue weighted by atomic mass is 32.2. The molecule has 0 spiro atoms. The Labute approximate surface area is 155 Å². The Morgan fingerprint density at radius 3 is 2.81 bits per heavy atom. The minimum atomic E-state index is -1.45. The average molecular weight is 392 g/mol. The van der Waals surface area contributed by atoms with E-state index in [0.717, 1.165) is 43.4 Å². The molecule has 0 amide bonds. The minimum Gasteiger partial charge on any atom is -0.609 e. The summed E-state index contributed by atoms with van der Waals surface area (Å²) in [5.41, 5.74) is 1.51. The number of aromatic amines is 1. The van der Waals surface area contributed by atoms with Crippen LogP contribution in [0.5, 0.6) is 0 Å². The lowest BCUT2D eigenvalue weighted by Crippen LogP contribution is -2.31. The second-order valence-electron chi connectivity index (χ2n) is 6.00. The Hall–Kier alpha value is -2.24. The first-order valence-corrected chi connectivity index (χ1v) is 10.4. The molecule has 26 heavy (non-hydrogen) atoms. The van der Waals surface area contributed by atoms with E-state index < -0.39 is 16.1 Å². The summed E-state index contributed by atoms with van der Waals surface area (Å²) in [5.74, 6) is 0.684. The van der Waals surface area contributed by atoms with Gasteiger partial charge < -0.3 is 9.45 Å². The van der Waals surface area contributed by atoms with Crippen LogP contribution in [-0.2, 0) is 16.9 Å². The largest absolute Gasteiger partial charge is 0.609 e. The van der Waals surface area contributed by atoms with E-state index in [1.165, 1.54) is 17.5 Å². The predicted octanol–water partition coefficient (Wildman–Crippen LogP) is 2.62. The zero-order valence-corrected chi connectivity index (χ0v) is 15.4. The molecule has 0 bridgehead atoms. The Kier molecular flexibility index (Phi) is 4.74. The van der Waals surface area contributed by atoms with Gasteiger partial charge in [-0.1, -0.05) is 0 Å². The standard InChI is InChI=1S/C15H16N6O3S2/c22-21(23)12-6-16-13(19-14(12)20-4-2-1-3-5-20)9-26(24)15-17-10-7-25-8-11(10)18-15/h6-8H,1-5,9H2,(H,17,18).